The average molecular weight is 324 g/mol. The molecule has 8 heteroatoms. The standard InChI is InChI=1S/C13H12N2O4S2/c1-7-6-21-11(13(18)19)10(7)15-9(16)5-14-12(17)8-3-2-4-20-8/h2-4,6H,5H2,1H3,(H,14,17)(H,15,16)(H,18,19). The Morgan fingerprint density at radius 3 is 2.67 bits per heavy atom. The second kappa shape index (κ2) is 6.51. The fourth-order valence-corrected chi connectivity index (χ4v) is 3.08. The summed E-state index contributed by atoms with van der Waals surface area (Å²) in [5, 5.41) is 17.4. The topological polar surface area (TPSA) is 95.5 Å². The molecule has 0 unspecified atom stereocenters. The molecule has 6 nitrogen and oxygen atoms in total. The molecule has 2 aromatic heterocycles. The van der Waals surface area contributed by atoms with Gasteiger partial charge in [0.15, 0.2) is 0 Å². The van der Waals surface area contributed by atoms with Gasteiger partial charge < -0.3 is 15.7 Å². The van der Waals surface area contributed by atoms with Crippen LogP contribution in [-0.4, -0.2) is 29.4 Å². The molecule has 0 aliphatic rings. The maximum absolute atomic E-state index is 11.8. The molecule has 2 heterocycles. The van der Waals surface area contributed by atoms with E-state index < -0.39 is 11.9 Å². The van der Waals surface area contributed by atoms with Crippen LogP contribution in [0.1, 0.15) is 24.9 Å². The number of aryl methyl sites for hydroxylation is 1. The molecule has 21 heavy (non-hydrogen) atoms. The molecule has 2 aromatic rings. The number of anilines is 1. The Bertz CT molecular complexity index is 676. The smallest absolute Gasteiger partial charge is 0.348 e. The number of nitrogens with one attached hydrogen (secondary N) is 2. The quantitative estimate of drug-likeness (QED) is 0.785. The fourth-order valence-electron chi connectivity index (χ4n) is 1.60. The molecule has 0 bridgehead atoms. The second-order valence-electron chi connectivity index (χ2n) is 4.14. The predicted octanol–water partition coefficient (Wildman–Crippen LogP) is 2.18. The highest BCUT2D eigenvalue weighted by atomic mass is 32.1. The van der Waals surface area contributed by atoms with Gasteiger partial charge in [-0.1, -0.05) is 6.07 Å². The van der Waals surface area contributed by atoms with Gasteiger partial charge in [-0.15, -0.1) is 22.7 Å². The summed E-state index contributed by atoms with van der Waals surface area (Å²) in [7, 11) is 0. The van der Waals surface area contributed by atoms with Crippen LogP contribution in [0.3, 0.4) is 0 Å². The maximum atomic E-state index is 11.8. The van der Waals surface area contributed by atoms with Gasteiger partial charge in [-0.25, -0.2) is 4.79 Å². The van der Waals surface area contributed by atoms with Crippen LogP contribution >= 0.6 is 22.7 Å². The van der Waals surface area contributed by atoms with Gasteiger partial charge >= 0.3 is 5.97 Å². The van der Waals surface area contributed by atoms with Gasteiger partial charge in [-0.2, -0.15) is 0 Å². The lowest BCUT2D eigenvalue weighted by molar-refractivity contribution is -0.115. The van der Waals surface area contributed by atoms with E-state index in [0.29, 0.717) is 10.4 Å². The summed E-state index contributed by atoms with van der Waals surface area (Å²) >= 11 is 2.33. The Balaban J connectivity index is 1.95. The van der Waals surface area contributed by atoms with Crippen molar-refractivity contribution in [2.75, 3.05) is 11.9 Å². The number of carbonyl (C=O) groups is 3. The molecule has 2 rings (SSSR count). The molecule has 0 radical (unpaired) electrons. The van der Waals surface area contributed by atoms with E-state index in [1.807, 2.05) is 0 Å². The summed E-state index contributed by atoms with van der Waals surface area (Å²) in [6, 6.07) is 3.40. The molecular weight excluding hydrogens is 312 g/mol. The van der Waals surface area contributed by atoms with Crippen LogP contribution in [0.25, 0.3) is 0 Å². The first kappa shape index (κ1) is 15.2. The molecule has 0 saturated carbocycles. The summed E-state index contributed by atoms with van der Waals surface area (Å²) in [6.07, 6.45) is 0. The van der Waals surface area contributed by atoms with E-state index >= 15 is 0 Å². The first-order chi connectivity index (χ1) is 9.99. The third-order valence-electron chi connectivity index (χ3n) is 2.59. The lowest BCUT2D eigenvalue weighted by atomic mass is 10.2. The van der Waals surface area contributed by atoms with E-state index in [0.717, 1.165) is 11.3 Å². The second-order valence-corrected chi connectivity index (χ2v) is 5.96. The fraction of sp³-hybridized carbons (Fsp3) is 0.154. The van der Waals surface area contributed by atoms with E-state index in [1.54, 1.807) is 29.8 Å². The van der Waals surface area contributed by atoms with Gasteiger partial charge in [-0.3, -0.25) is 9.59 Å². The molecule has 0 spiro atoms. The summed E-state index contributed by atoms with van der Waals surface area (Å²) < 4.78 is 0. The molecule has 0 aliphatic heterocycles. The van der Waals surface area contributed by atoms with Crippen LogP contribution in [0.5, 0.6) is 0 Å². The van der Waals surface area contributed by atoms with Crippen molar-refractivity contribution in [3.63, 3.8) is 0 Å². The number of carboxylic acid groups (broad SMARTS) is 1. The number of carbonyl (C=O) groups excluding carboxylic acids is 2. The molecule has 2 amide bonds. The highest BCUT2D eigenvalue weighted by molar-refractivity contribution is 7.13. The molecule has 0 aromatic carbocycles. The summed E-state index contributed by atoms with van der Waals surface area (Å²) in [4.78, 5) is 35.1. The third kappa shape index (κ3) is 3.67. The van der Waals surface area contributed by atoms with Crippen molar-refractivity contribution < 1.29 is 19.5 Å². The highest BCUT2D eigenvalue weighted by Gasteiger charge is 2.17. The predicted molar refractivity (Wildman–Crippen MR) is 81.3 cm³/mol. The first-order valence-corrected chi connectivity index (χ1v) is 7.68. The minimum Gasteiger partial charge on any atom is -0.477 e. The van der Waals surface area contributed by atoms with Gasteiger partial charge in [0.1, 0.15) is 4.88 Å². The van der Waals surface area contributed by atoms with Crippen molar-refractivity contribution in [2.45, 2.75) is 6.92 Å². The van der Waals surface area contributed by atoms with Crippen molar-refractivity contribution in [2.24, 2.45) is 0 Å². The Hall–Kier alpha value is -2.19. The van der Waals surface area contributed by atoms with Gasteiger partial charge in [0, 0.05) is 0 Å². The van der Waals surface area contributed by atoms with E-state index in [9.17, 15) is 14.4 Å². The zero-order chi connectivity index (χ0) is 15.4. The van der Waals surface area contributed by atoms with Gasteiger partial charge in [0.2, 0.25) is 5.91 Å². The van der Waals surface area contributed by atoms with Gasteiger partial charge in [0.25, 0.3) is 5.91 Å². The molecule has 0 aliphatic carbocycles. The van der Waals surface area contributed by atoms with Crippen molar-refractivity contribution in [3.8, 4) is 0 Å². The number of carboxylic acids is 1. The number of rotatable bonds is 5. The molecule has 0 fully saturated rings. The van der Waals surface area contributed by atoms with Gasteiger partial charge in [0.05, 0.1) is 17.1 Å². The molecule has 0 atom stereocenters. The van der Waals surface area contributed by atoms with Crippen molar-refractivity contribution in [1.82, 2.24) is 5.32 Å². The Morgan fingerprint density at radius 2 is 2.05 bits per heavy atom. The van der Waals surface area contributed by atoms with Crippen molar-refractivity contribution in [3.05, 3.63) is 38.2 Å². The van der Waals surface area contributed by atoms with E-state index in [2.05, 4.69) is 10.6 Å². The Morgan fingerprint density at radius 1 is 1.29 bits per heavy atom. The normalized spacial score (nSPS) is 10.1. The van der Waals surface area contributed by atoms with Gasteiger partial charge in [-0.05, 0) is 29.3 Å². The zero-order valence-corrected chi connectivity index (χ0v) is 12.6. The zero-order valence-electron chi connectivity index (χ0n) is 11.0. The van der Waals surface area contributed by atoms with Crippen molar-refractivity contribution in [1.29, 1.82) is 0 Å². The first-order valence-electron chi connectivity index (χ1n) is 5.92. The Kier molecular flexibility index (Phi) is 4.71. The van der Waals surface area contributed by atoms with Crippen LogP contribution in [-0.2, 0) is 4.79 Å². The molecular formula is C13H12N2O4S2. The maximum Gasteiger partial charge on any atom is 0.348 e. The van der Waals surface area contributed by atoms with Crippen LogP contribution in [0, 0.1) is 6.92 Å². The molecule has 0 saturated heterocycles. The summed E-state index contributed by atoms with van der Waals surface area (Å²) in [5.74, 6) is -1.89. The largest absolute Gasteiger partial charge is 0.477 e. The Labute approximate surface area is 128 Å². The number of thiophene rings is 2. The average Bonchev–Trinajstić information content (AvgIpc) is 3.07. The lowest BCUT2D eigenvalue weighted by Crippen LogP contribution is -2.32. The SMILES string of the molecule is Cc1csc(C(=O)O)c1NC(=O)CNC(=O)c1cccs1. The summed E-state index contributed by atoms with van der Waals surface area (Å²) in [5.41, 5.74) is 0.957. The monoisotopic (exact) mass is 324 g/mol. The number of amides is 2. The third-order valence-corrected chi connectivity index (χ3v) is 4.54. The number of hydrogen-bond donors (Lipinski definition) is 3. The van der Waals surface area contributed by atoms with Crippen LogP contribution in [0.15, 0.2) is 22.9 Å². The highest BCUT2D eigenvalue weighted by Crippen LogP contribution is 2.27. The van der Waals surface area contributed by atoms with Crippen LogP contribution in [0.4, 0.5) is 5.69 Å². The summed E-state index contributed by atoms with van der Waals surface area (Å²) in [6.45, 7) is 1.49. The van der Waals surface area contributed by atoms with E-state index in [4.69, 9.17) is 5.11 Å². The minimum absolute atomic E-state index is 0.0745. The van der Waals surface area contributed by atoms with Crippen LogP contribution in [0.2, 0.25) is 0 Å². The number of hydrogen-bond acceptors (Lipinski definition) is 5. The minimum atomic E-state index is -1.09. The molecule has 3 N–H and O–H groups in total. The number of aromatic carboxylic acids is 1. The van der Waals surface area contributed by atoms with E-state index in [-0.39, 0.29) is 23.0 Å². The van der Waals surface area contributed by atoms with Crippen molar-refractivity contribution >= 4 is 46.1 Å². The van der Waals surface area contributed by atoms with E-state index in [1.165, 1.54) is 11.3 Å². The van der Waals surface area contributed by atoms with Crippen LogP contribution < -0.4 is 10.6 Å². The lowest BCUT2D eigenvalue weighted by Gasteiger charge is -2.07. The molecule has 110 valence electrons.